The maximum absolute atomic E-state index is 11.5. The molecule has 4 heterocycles. The lowest BCUT2D eigenvalue weighted by atomic mass is 9.89. The van der Waals surface area contributed by atoms with E-state index in [1.54, 1.807) is 12.3 Å². The number of imidazole rings is 1. The number of hydrogen-bond acceptors (Lipinski definition) is 7. The van der Waals surface area contributed by atoms with E-state index < -0.39 is 12.2 Å². The molecule has 0 aromatic carbocycles. The lowest BCUT2D eigenvalue weighted by molar-refractivity contribution is 0.00232. The molecule has 2 aliphatic rings. The summed E-state index contributed by atoms with van der Waals surface area (Å²) in [5.41, 5.74) is 7.92. The van der Waals surface area contributed by atoms with Crippen molar-refractivity contribution in [1.29, 1.82) is 0 Å². The molecule has 5 rings (SSSR count). The zero-order valence-electron chi connectivity index (χ0n) is 20.4. The van der Waals surface area contributed by atoms with Gasteiger partial charge in [0.25, 0.3) is 0 Å². The Bertz CT molecular complexity index is 1320. The fourth-order valence-electron chi connectivity index (χ4n) is 5.34. The van der Waals surface area contributed by atoms with E-state index >= 15 is 0 Å². The van der Waals surface area contributed by atoms with E-state index in [-0.39, 0.29) is 17.6 Å². The summed E-state index contributed by atoms with van der Waals surface area (Å²) >= 11 is 6.26. The highest BCUT2D eigenvalue weighted by Crippen LogP contribution is 2.36. The van der Waals surface area contributed by atoms with Crippen LogP contribution in [0.2, 0.25) is 5.02 Å². The normalized spacial score (nSPS) is 18.8. The summed E-state index contributed by atoms with van der Waals surface area (Å²) in [5.74, 6) is 0.524. The minimum Gasteiger partial charge on any atom is -0.463 e. The third-order valence-corrected chi connectivity index (χ3v) is 7.41. The molecule has 1 saturated heterocycles. The molecule has 1 aliphatic carbocycles. The molecule has 3 aromatic heterocycles. The predicted molar refractivity (Wildman–Crippen MR) is 137 cm³/mol. The molecule has 3 aromatic rings. The quantitative estimate of drug-likeness (QED) is 0.318. The van der Waals surface area contributed by atoms with Crippen LogP contribution in [0.3, 0.4) is 0 Å². The Kier molecular flexibility index (Phi) is 7.63. The number of pyridine rings is 1. The Hall–Kier alpha value is -3.15. The molecule has 12 heteroatoms. The molecule has 196 valence electrons. The Balaban J connectivity index is 1.72. The average Bonchev–Trinajstić information content (AvgIpc) is 3.26. The van der Waals surface area contributed by atoms with Crippen molar-refractivity contribution in [1.82, 2.24) is 24.5 Å². The topological polar surface area (TPSA) is 162 Å². The van der Waals surface area contributed by atoms with E-state index in [9.17, 15) is 9.90 Å². The number of aliphatic hydroxyl groups excluding tert-OH is 1. The average molecular weight is 528 g/mol. The Morgan fingerprint density at radius 1 is 1.16 bits per heavy atom. The van der Waals surface area contributed by atoms with Gasteiger partial charge in [-0.25, -0.2) is 19.7 Å². The second-order valence-electron chi connectivity index (χ2n) is 9.72. The van der Waals surface area contributed by atoms with E-state index in [1.165, 1.54) is 25.5 Å². The first kappa shape index (κ1) is 25.5. The van der Waals surface area contributed by atoms with Crippen molar-refractivity contribution in [2.24, 2.45) is 22.6 Å². The number of hydrogen-bond donors (Lipinski definition) is 3. The summed E-state index contributed by atoms with van der Waals surface area (Å²) in [7, 11) is 0. The highest BCUT2D eigenvalue weighted by atomic mass is 35.5. The Morgan fingerprint density at radius 3 is 2.62 bits per heavy atom. The van der Waals surface area contributed by atoms with E-state index in [4.69, 9.17) is 32.2 Å². The molecule has 1 aliphatic heterocycles. The second-order valence-corrected chi connectivity index (χ2v) is 10.2. The summed E-state index contributed by atoms with van der Waals surface area (Å²) < 4.78 is 7.54. The molecule has 0 spiro atoms. The van der Waals surface area contributed by atoms with Crippen LogP contribution in [0, 0.1) is 11.8 Å². The number of amides is 1. The molecule has 0 radical (unpaired) electrons. The van der Waals surface area contributed by atoms with Crippen LogP contribution in [0.1, 0.15) is 62.7 Å². The Morgan fingerprint density at radius 2 is 1.92 bits per heavy atom. The number of halogens is 1. The van der Waals surface area contributed by atoms with Crippen LogP contribution in [0.15, 0.2) is 23.5 Å². The van der Waals surface area contributed by atoms with Crippen molar-refractivity contribution in [2.75, 3.05) is 13.2 Å². The fourth-order valence-corrected chi connectivity index (χ4v) is 5.52. The van der Waals surface area contributed by atoms with Crippen molar-refractivity contribution < 1.29 is 19.7 Å². The maximum Gasteiger partial charge on any atom is 0.433 e. The van der Waals surface area contributed by atoms with Crippen LogP contribution in [0.25, 0.3) is 22.4 Å². The lowest BCUT2D eigenvalue weighted by Crippen LogP contribution is -2.25. The number of rotatable bonds is 6. The molecule has 2 fully saturated rings. The van der Waals surface area contributed by atoms with E-state index in [0.717, 1.165) is 25.7 Å². The molecule has 1 amide bonds. The van der Waals surface area contributed by atoms with Gasteiger partial charge in [-0.2, -0.15) is 4.99 Å². The summed E-state index contributed by atoms with van der Waals surface area (Å²) in [6.07, 6.45) is 8.08. The number of amidine groups is 1. The number of aromatic nitrogens is 5. The van der Waals surface area contributed by atoms with Crippen molar-refractivity contribution >= 4 is 34.7 Å². The molecule has 1 atom stereocenters. The van der Waals surface area contributed by atoms with Gasteiger partial charge < -0.3 is 25.3 Å². The van der Waals surface area contributed by atoms with Gasteiger partial charge in [0.05, 0.1) is 5.02 Å². The third kappa shape index (κ3) is 5.58. The van der Waals surface area contributed by atoms with E-state index in [1.807, 2.05) is 4.57 Å². The van der Waals surface area contributed by atoms with Gasteiger partial charge in [0.2, 0.25) is 0 Å². The number of ether oxygens (including phenoxy) is 1. The maximum atomic E-state index is 11.5. The van der Waals surface area contributed by atoms with E-state index in [0.29, 0.717) is 58.9 Å². The summed E-state index contributed by atoms with van der Waals surface area (Å²) in [6, 6.07) is 1.72. The highest BCUT2D eigenvalue weighted by molar-refractivity contribution is 6.30. The predicted octanol–water partition coefficient (Wildman–Crippen LogP) is 3.97. The standard InChI is InChI=1S/C25H30ClN7O4/c26-17-10-16(11-28-12-17)18-19-22(31-23(29-18)21(27)30-25(35)36)32-24(20(34)15-6-8-37-9-7-15)33(19)13-14-4-2-1-3-5-14/h10-12,14-15,20,34H,1-9,13H2,(H2,27,30)(H,35,36). The number of fused-ring (bicyclic) bond motifs is 1. The van der Waals surface area contributed by atoms with Crippen LogP contribution in [0.4, 0.5) is 4.79 Å². The first-order chi connectivity index (χ1) is 17.9. The number of aliphatic hydroxyl groups is 1. The first-order valence-corrected chi connectivity index (χ1v) is 13.0. The van der Waals surface area contributed by atoms with Crippen LogP contribution in [0.5, 0.6) is 0 Å². The Labute approximate surface area is 218 Å². The molecule has 1 saturated carbocycles. The molecular weight excluding hydrogens is 498 g/mol. The summed E-state index contributed by atoms with van der Waals surface area (Å²) in [5, 5.41) is 21.0. The first-order valence-electron chi connectivity index (χ1n) is 12.6. The number of carbonyl (C=O) groups is 1. The molecular formula is C25H30ClN7O4. The second kappa shape index (κ2) is 11.1. The minimum absolute atomic E-state index is 0.00183. The highest BCUT2D eigenvalue weighted by Gasteiger charge is 2.31. The van der Waals surface area contributed by atoms with Gasteiger partial charge in [-0.15, -0.1) is 0 Å². The fraction of sp³-hybridized carbons (Fsp3) is 0.520. The number of carboxylic acid groups (broad SMARTS) is 1. The van der Waals surface area contributed by atoms with Gasteiger partial charge in [-0.1, -0.05) is 30.9 Å². The summed E-state index contributed by atoms with van der Waals surface area (Å²) in [4.78, 5) is 32.7. The van der Waals surface area contributed by atoms with Crippen molar-refractivity contribution in [2.45, 2.75) is 57.6 Å². The smallest absolute Gasteiger partial charge is 0.433 e. The molecule has 4 N–H and O–H groups in total. The zero-order valence-corrected chi connectivity index (χ0v) is 21.1. The van der Waals surface area contributed by atoms with Crippen molar-refractivity contribution in [3.63, 3.8) is 0 Å². The molecule has 37 heavy (non-hydrogen) atoms. The van der Waals surface area contributed by atoms with Gasteiger partial charge in [-0.05, 0) is 43.6 Å². The SMILES string of the molecule is N/C(=N\C(=O)O)c1nc(-c2cncc(Cl)c2)c2c(n1)nc(C(O)C1CCOCC1)n2CC1CCCCC1. The molecule has 11 nitrogen and oxygen atoms in total. The van der Waals surface area contributed by atoms with Gasteiger partial charge in [0.15, 0.2) is 17.3 Å². The number of nitrogens with zero attached hydrogens (tertiary/aromatic N) is 6. The van der Waals surface area contributed by atoms with Crippen LogP contribution >= 0.6 is 11.6 Å². The molecule has 1 unspecified atom stereocenters. The van der Waals surface area contributed by atoms with Crippen LogP contribution in [-0.4, -0.2) is 59.9 Å². The van der Waals surface area contributed by atoms with Gasteiger partial charge >= 0.3 is 6.09 Å². The van der Waals surface area contributed by atoms with Crippen molar-refractivity contribution in [3.05, 3.63) is 35.1 Å². The zero-order chi connectivity index (χ0) is 25.9. The molecule has 0 bridgehead atoms. The monoisotopic (exact) mass is 527 g/mol. The van der Waals surface area contributed by atoms with Gasteiger partial charge in [0.1, 0.15) is 23.1 Å². The van der Waals surface area contributed by atoms with E-state index in [2.05, 4.69) is 19.9 Å². The number of nitrogens with two attached hydrogens (primary N) is 1. The third-order valence-electron chi connectivity index (χ3n) is 7.20. The van der Waals surface area contributed by atoms with Gasteiger partial charge in [0, 0.05) is 37.7 Å². The largest absolute Gasteiger partial charge is 0.463 e. The number of aliphatic imine (C=N–C) groups is 1. The van der Waals surface area contributed by atoms with Crippen molar-refractivity contribution in [3.8, 4) is 11.3 Å². The lowest BCUT2D eigenvalue weighted by Gasteiger charge is -2.28. The van der Waals surface area contributed by atoms with Crippen LogP contribution < -0.4 is 5.73 Å². The summed E-state index contributed by atoms with van der Waals surface area (Å²) in [6.45, 7) is 1.85. The minimum atomic E-state index is -1.45. The van der Waals surface area contributed by atoms with Gasteiger partial charge in [-0.3, -0.25) is 4.98 Å². The van der Waals surface area contributed by atoms with Crippen LogP contribution in [-0.2, 0) is 11.3 Å².